The van der Waals surface area contributed by atoms with Crippen molar-refractivity contribution in [3.63, 3.8) is 0 Å². The first-order valence-electron chi connectivity index (χ1n) is 10.4. The molecule has 1 aliphatic heterocycles. The van der Waals surface area contributed by atoms with Gasteiger partial charge in [-0.2, -0.15) is 0 Å². The maximum atomic E-state index is 13.1. The number of amides is 1. The van der Waals surface area contributed by atoms with Crippen molar-refractivity contribution in [2.75, 3.05) is 29.9 Å². The number of anilines is 3. The number of nitrogens with zero attached hydrogens (tertiary/aromatic N) is 2. The average molecular weight is 411 g/mol. The number of aliphatic imine (C=N–C) groups is 1. The van der Waals surface area contributed by atoms with Crippen LogP contribution in [0.4, 0.5) is 17.1 Å². The van der Waals surface area contributed by atoms with Gasteiger partial charge in [0.2, 0.25) is 0 Å². The van der Waals surface area contributed by atoms with E-state index < -0.39 is 0 Å². The Morgan fingerprint density at radius 1 is 1.10 bits per heavy atom. The van der Waals surface area contributed by atoms with Crippen molar-refractivity contribution >= 4 is 40.3 Å². The SMILES string of the molecule is NCCNc1ccc(N2C(=O)CN=C(C3CCCCC3)c3ccc(Cl)cc32)cc1. The molecule has 29 heavy (non-hydrogen) atoms. The zero-order valence-electron chi connectivity index (χ0n) is 16.5. The lowest BCUT2D eigenvalue weighted by atomic mass is 9.83. The Hall–Kier alpha value is -2.37. The number of nitrogens with two attached hydrogens (primary N) is 1. The molecule has 5 nitrogen and oxygen atoms in total. The van der Waals surface area contributed by atoms with Gasteiger partial charge in [0.15, 0.2) is 0 Å². The summed E-state index contributed by atoms with van der Waals surface area (Å²) in [4.78, 5) is 19.7. The molecule has 1 fully saturated rings. The first-order valence-corrected chi connectivity index (χ1v) is 10.8. The fourth-order valence-corrected chi connectivity index (χ4v) is 4.47. The molecule has 0 unspecified atom stereocenters. The van der Waals surface area contributed by atoms with E-state index in [9.17, 15) is 4.79 Å². The lowest BCUT2D eigenvalue weighted by Crippen LogP contribution is -2.27. The lowest BCUT2D eigenvalue weighted by molar-refractivity contribution is -0.116. The van der Waals surface area contributed by atoms with Crippen molar-refractivity contribution in [1.29, 1.82) is 0 Å². The number of carbonyl (C=O) groups is 1. The molecule has 1 aliphatic carbocycles. The van der Waals surface area contributed by atoms with E-state index in [0.29, 0.717) is 24.0 Å². The van der Waals surface area contributed by atoms with Crippen molar-refractivity contribution in [2.45, 2.75) is 32.1 Å². The van der Waals surface area contributed by atoms with Crippen LogP contribution in [0.5, 0.6) is 0 Å². The van der Waals surface area contributed by atoms with Crippen LogP contribution >= 0.6 is 11.6 Å². The molecule has 3 N–H and O–H groups in total. The van der Waals surface area contributed by atoms with Crippen LogP contribution in [0.25, 0.3) is 0 Å². The molecule has 6 heteroatoms. The minimum atomic E-state index is -0.0398. The number of hydrogen-bond donors (Lipinski definition) is 2. The lowest BCUT2D eigenvalue weighted by Gasteiger charge is -2.26. The van der Waals surface area contributed by atoms with E-state index in [4.69, 9.17) is 22.3 Å². The average Bonchev–Trinajstić information content (AvgIpc) is 2.89. The number of nitrogens with one attached hydrogen (secondary N) is 1. The summed E-state index contributed by atoms with van der Waals surface area (Å²) in [6, 6.07) is 13.6. The molecule has 2 aromatic carbocycles. The third kappa shape index (κ3) is 4.31. The van der Waals surface area contributed by atoms with Crippen molar-refractivity contribution in [3.8, 4) is 0 Å². The highest BCUT2D eigenvalue weighted by atomic mass is 35.5. The largest absolute Gasteiger partial charge is 0.384 e. The van der Waals surface area contributed by atoms with Gasteiger partial charge >= 0.3 is 0 Å². The van der Waals surface area contributed by atoms with Crippen LogP contribution < -0.4 is 16.0 Å². The Morgan fingerprint density at radius 2 is 1.86 bits per heavy atom. The molecule has 1 heterocycles. The van der Waals surface area contributed by atoms with Gasteiger partial charge in [-0.3, -0.25) is 14.7 Å². The van der Waals surface area contributed by atoms with Gasteiger partial charge in [-0.25, -0.2) is 0 Å². The van der Waals surface area contributed by atoms with Crippen LogP contribution in [-0.2, 0) is 4.79 Å². The monoisotopic (exact) mass is 410 g/mol. The number of benzene rings is 2. The van der Waals surface area contributed by atoms with E-state index in [-0.39, 0.29) is 12.5 Å². The molecular weight excluding hydrogens is 384 g/mol. The Balaban J connectivity index is 1.72. The number of fused-ring (bicyclic) bond motifs is 1. The molecule has 0 bridgehead atoms. The predicted octanol–water partition coefficient (Wildman–Crippen LogP) is 4.76. The van der Waals surface area contributed by atoms with Gasteiger partial charge in [-0.15, -0.1) is 0 Å². The van der Waals surface area contributed by atoms with Crippen LogP contribution in [-0.4, -0.2) is 31.3 Å². The van der Waals surface area contributed by atoms with Gasteiger partial charge in [-0.05, 0) is 55.3 Å². The molecule has 0 saturated heterocycles. The standard InChI is InChI=1S/C23H27ClN4O/c24-17-6-11-20-21(14-17)28(19-9-7-18(8-10-19)26-13-12-25)22(29)15-27-23(20)16-4-2-1-3-5-16/h6-11,14,16,26H,1-5,12-13,15,25H2. The third-order valence-electron chi connectivity index (χ3n) is 5.70. The molecule has 0 aromatic heterocycles. The molecule has 1 amide bonds. The second-order valence-corrected chi connectivity index (χ2v) is 8.13. The molecule has 0 spiro atoms. The molecule has 0 atom stereocenters. The highest BCUT2D eigenvalue weighted by Crippen LogP contribution is 2.37. The Labute approximate surface area is 177 Å². The smallest absolute Gasteiger partial charge is 0.253 e. The molecule has 2 aromatic rings. The normalized spacial score (nSPS) is 17.5. The van der Waals surface area contributed by atoms with Gasteiger partial charge in [0.1, 0.15) is 6.54 Å². The van der Waals surface area contributed by atoms with Crippen molar-refractivity contribution in [3.05, 3.63) is 53.1 Å². The summed E-state index contributed by atoms with van der Waals surface area (Å²) in [5, 5.41) is 3.87. The van der Waals surface area contributed by atoms with E-state index >= 15 is 0 Å². The summed E-state index contributed by atoms with van der Waals surface area (Å²) in [5.74, 6) is 0.376. The fraction of sp³-hybridized carbons (Fsp3) is 0.391. The first kappa shape index (κ1) is 19.9. The predicted molar refractivity (Wildman–Crippen MR) is 121 cm³/mol. The summed E-state index contributed by atoms with van der Waals surface area (Å²) in [6.45, 7) is 1.43. The van der Waals surface area contributed by atoms with Crippen molar-refractivity contribution < 1.29 is 4.79 Å². The van der Waals surface area contributed by atoms with Crippen LogP contribution in [0.1, 0.15) is 37.7 Å². The van der Waals surface area contributed by atoms with Crippen molar-refractivity contribution in [2.24, 2.45) is 16.6 Å². The first-order chi connectivity index (χ1) is 14.2. The Bertz CT molecular complexity index is 904. The van der Waals surface area contributed by atoms with Crippen LogP contribution in [0.3, 0.4) is 0 Å². The van der Waals surface area contributed by atoms with E-state index in [1.165, 1.54) is 19.3 Å². The van der Waals surface area contributed by atoms with Crippen LogP contribution in [0.2, 0.25) is 5.02 Å². The van der Waals surface area contributed by atoms with E-state index in [1.807, 2.05) is 42.5 Å². The minimum absolute atomic E-state index is 0.0398. The zero-order valence-corrected chi connectivity index (χ0v) is 17.3. The summed E-state index contributed by atoms with van der Waals surface area (Å²) in [6.07, 6.45) is 6.00. The molecule has 1 saturated carbocycles. The van der Waals surface area contributed by atoms with Gasteiger partial charge < -0.3 is 11.1 Å². The van der Waals surface area contributed by atoms with E-state index in [0.717, 1.165) is 41.2 Å². The number of rotatable bonds is 5. The Kier molecular flexibility index (Phi) is 6.16. The van der Waals surface area contributed by atoms with Gasteiger partial charge in [0.05, 0.1) is 5.69 Å². The van der Waals surface area contributed by atoms with Crippen LogP contribution in [0, 0.1) is 5.92 Å². The second kappa shape index (κ2) is 8.97. The summed E-state index contributed by atoms with van der Waals surface area (Å²) in [5.41, 5.74) is 10.3. The fourth-order valence-electron chi connectivity index (χ4n) is 4.30. The maximum absolute atomic E-state index is 13.1. The number of carbonyl (C=O) groups excluding carboxylic acids is 1. The van der Waals surface area contributed by atoms with Gasteiger partial charge in [0, 0.05) is 46.7 Å². The second-order valence-electron chi connectivity index (χ2n) is 7.69. The van der Waals surface area contributed by atoms with Crippen LogP contribution in [0.15, 0.2) is 47.5 Å². The quantitative estimate of drug-likeness (QED) is 0.746. The van der Waals surface area contributed by atoms with Gasteiger partial charge in [-0.1, -0.05) is 30.9 Å². The molecule has 4 rings (SSSR count). The van der Waals surface area contributed by atoms with E-state index in [1.54, 1.807) is 4.90 Å². The molecule has 2 aliphatic rings. The van der Waals surface area contributed by atoms with E-state index in [2.05, 4.69) is 5.32 Å². The number of benzodiazepines with no additional fused rings is 1. The number of hydrogen-bond acceptors (Lipinski definition) is 4. The molecular formula is C23H27ClN4O. The summed E-state index contributed by atoms with van der Waals surface area (Å²) < 4.78 is 0. The minimum Gasteiger partial charge on any atom is -0.384 e. The maximum Gasteiger partial charge on any atom is 0.253 e. The number of halogens is 1. The summed E-state index contributed by atoms with van der Waals surface area (Å²) >= 11 is 6.35. The van der Waals surface area contributed by atoms with Gasteiger partial charge in [0.25, 0.3) is 5.91 Å². The zero-order chi connectivity index (χ0) is 20.2. The highest BCUT2D eigenvalue weighted by molar-refractivity contribution is 6.31. The van der Waals surface area contributed by atoms with Crippen molar-refractivity contribution in [1.82, 2.24) is 0 Å². The summed E-state index contributed by atoms with van der Waals surface area (Å²) in [7, 11) is 0. The molecule has 0 radical (unpaired) electrons. The third-order valence-corrected chi connectivity index (χ3v) is 5.94. The molecule has 152 valence electrons. The Morgan fingerprint density at radius 3 is 2.59 bits per heavy atom. The topological polar surface area (TPSA) is 70.7 Å². The highest BCUT2D eigenvalue weighted by Gasteiger charge is 2.30.